The molecule has 0 aliphatic carbocycles. The molecular weight excluding hydrogens is 280 g/mol. The number of hydrogen-bond acceptors (Lipinski definition) is 4. The standard InChI is InChI=1S/C13H20N2O4S/c1-13(2,3)11(12(16)17)15-20(18,19)9-6-10-4-7-14-8-5-10/h4-5,7-8,11,15H,6,9H2,1-3H3,(H,16,17)/t11-/m0/s1. The van der Waals surface area contributed by atoms with Crippen molar-refractivity contribution in [3.05, 3.63) is 30.1 Å². The predicted octanol–water partition coefficient (Wildman–Crippen LogP) is 1.04. The maximum Gasteiger partial charge on any atom is 0.322 e. The van der Waals surface area contributed by atoms with Crippen molar-refractivity contribution in [3.63, 3.8) is 0 Å². The molecule has 0 unspecified atom stereocenters. The van der Waals surface area contributed by atoms with Crippen molar-refractivity contribution < 1.29 is 18.3 Å². The number of nitrogens with one attached hydrogen (secondary N) is 1. The largest absolute Gasteiger partial charge is 0.480 e. The second-order valence-electron chi connectivity index (χ2n) is 5.68. The van der Waals surface area contributed by atoms with Crippen LogP contribution in [0.25, 0.3) is 0 Å². The third kappa shape index (κ3) is 5.26. The van der Waals surface area contributed by atoms with E-state index >= 15 is 0 Å². The van der Waals surface area contributed by atoms with Crippen molar-refractivity contribution in [3.8, 4) is 0 Å². The van der Waals surface area contributed by atoms with E-state index in [1.807, 2.05) is 0 Å². The molecule has 1 rings (SSSR count). The summed E-state index contributed by atoms with van der Waals surface area (Å²) in [5.74, 6) is -1.33. The number of aromatic nitrogens is 1. The topological polar surface area (TPSA) is 96.4 Å². The Bertz CT molecular complexity index is 549. The number of aliphatic carboxylic acids is 1. The highest BCUT2D eigenvalue weighted by molar-refractivity contribution is 7.89. The molecule has 112 valence electrons. The molecule has 1 aromatic heterocycles. The van der Waals surface area contributed by atoms with Gasteiger partial charge >= 0.3 is 5.97 Å². The van der Waals surface area contributed by atoms with Crippen molar-refractivity contribution in [1.82, 2.24) is 9.71 Å². The zero-order chi connectivity index (χ0) is 15.4. The summed E-state index contributed by atoms with van der Waals surface area (Å²) in [6, 6.07) is 2.31. The molecule has 0 amide bonds. The third-order valence-corrected chi connectivity index (χ3v) is 4.16. The number of carboxylic acids is 1. The summed E-state index contributed by atoms with van der Waals surface area (Å²) in [6.45, 7) is 5.03. The van der Waals surface area contributed by atoms with Gasteiger partial charge in [-0.2, -0.15) is 0 Å². The summed E-state index contributed by atoms with van der Waals surface area (Å²) in [4.78, 5) is 15.0. The van der Waals surface area contributed by atoms with E-state index in [0.29, 0.717) is 6.42 Å². The average Bonchev–Trinajstić information content (AvgIpc) is 2.33. The number of nitrogens with zero attached hydrogens (tertiary/aromatic N) is 1. The Morgan fingerprint density at radius 3 is 2.35 bits per heavy atom. The van der Waals surface area contributed by atoms with Crippen LogP contribution in [0.3, 0.4) is 0 Å². The van der Waals surface area contributed by atoms with Gasteiger partial charge in [-0.1, -0.05) is 20.8 Å². The number of rotatable bonds is 6. The number of hydrogen-bond donors (Lipinski definition) is 2. The Labute approximate surface area is 119 Å². The molecule has 0 spiro atoms. The van der Waals surface area contributed by atoms with Crippen molar-refractivity contribution in [2.24, 2.45) is 5.41 Å². The fraction of sp³-hybridized carbons (Fsp3) is 0.538. The summed E-state index contributed by atoms with van der Waals surface area (Å²) in [6.07, 6.45) is 3.49. The first kappa shape index (κ1) is 16.6. The Kier molecular flexibility index (Phi) is 5.24. The highest BCUT2D eigenvalue weighted by Gasteiger charge is 2.34. The summed E-state index contributed by atoms with van der Waals surface area (Å²) < 4.78 is 26.2. The van der Waals surface area contributed by atoms with E-state index in [-0.39, 0.29) is 5.75 Å². The van der Waals surface area contributed by atoms with Gasteiger partial charge in [-0.25, -0.2) is 13.1 Å². The van der Waals surface area contributed by atoms with Gasteiger partial charge in [-0.3, -0.25) is 9.78 Å². The van der Waals surface area contributed by atoms with E-state index < -0.39 is 27.4 Å². The number of carboxylic acid groups (broad SMARTS) is 1. The van der Waals surface area contributed by atoms with E-state index in [1.54, 1.807) is 45.3 Å². The maximum absolute atomic E-state index is 12.0. The van der Waals surface area contributed by atoms with Gasteiger partial charge in [0.25, 0.3) is 0 Å². The van der Waals surface area contributed by atoms with E-state index in [1.165, 1.54) is 0 Å². The molecule has 1 heterocycles. The summed E-state index contributed by atoms with van der Waals surface area (Å²) in [5, 5.41) is 9.12. The van der Waals surface area contributed by atoms with Gasteiger partial charge < -0.3 is 5.11 Å². The van der Waals surface area contributed by atoms with Crippen molar-refractivity contribution in [1.29, 1.82) is 0 Å². The van der Waals surface area contributed by atoms with Gasteiger partial charge in [-0.15, -0.1) is 0 Å². The van der Waals surface area contributed by atoms with Crippen LogP contribution in [0.1, 0.15) is 26.3 Å². The first-order valence-electron chi connectivity index (χ1n) is 6.23. The second kappa shape index (κ2) is 6.32. The van der Waals surface area contributed by atoms with Crippen molar-refractivity contribution >= 4 is 16.0 Å². The summed E-state index contributed by atoms with van der Waals surface area (Å²) in [5.41, 5.74) is 0.142. The minimum absolute atomic E-state index is 0.156. The fourth-order valence-electron chi connectivity index (χ4n) is 1.64. The Hall–Kier alpha value is -1.47. The summed E-state index contributed by atoms with van der Waals surface area (Å²) in [7, 11) is -3.66. The molecule has 2 N–H and O–H groups in total. The van der Waals surface area contributed by atoms with Crippen LogP contribution < -0.4 is 4.72 Å². The number of sulfonamides is 1. The normalized spacial score (nSPS) is 13.9. The molecule has 0 aromatic carbocycles. The lowest BCUT2D eigenvalue weighted by atomic mass is 9.88. The maximum atomic E-state index is 12.0. The van der Waals surface area contributed by atoms with E-state index in [9.17, 15) is 13.2 Å². The molecule has 0 saturated heterocycles. The quantitative estimate of drug-likeness (QED) is 0.818. The van der Waals surface area contributed by atoms with E-state index in [4.69, 9.17) is 5.11 Å². The third-order valence-electron chi connectivity index (χ3n) is 2.82. The lowest BCUT2D eigenvalue weighted by Gasteiger charge is -2.27. The SMILES string of the molecule is CC(C)(C)[C@@H](NS(=O)(=O)CCc1ccncc1)C(=O)O. The van der Waals surface area contributed by atoms with Crippen LogP contribution in [0, 0.1) is 5.41 Å². The molecule has 1 aromatic rings. The van der Waals surface area contributed by atoms with Gasteiger partial charge in [0.15, 0.2) is 0 Å². The van der Waals surface area contributed by atoms with Crippen LogP contribution in [0.15, 0.2) is 24.5 Å². The Morgan fingerprint density at radius 2 is 1.90 bits per heavy atom. The Morgan fingerprint density at radius 1 is 1.35 bits per heavy atom. The van der Waals surface area contributed by atoms with Gasteiger partial charge in [0.05, 0.1) is 5.75 Å². The minimum atomic E-state index is -3.66. The number of aryl methyl sites for hydroxylation is 1. The molecule has 0 radical (unpaired) electrons. The van der Waals surface area contributed by atoms with Crippen LogP contribution in [-0.2, 0) is 21.2 Å². The number of carbonyl (C=O) groups is 1. The molecule has 0 aliphatic rings. The highest BCUT2D eigenvalue weighted by Crippen LogP contribution is 2.20. The highest BCUT2D eigenvalue weighted by atomic mass is 32.2. The molecule has 0 fully saturated rings. The van der Waals surface area contributed by atoms with Crippen LogP contribution in [0.4, 0.5) is 0 Å². The van der Waals surface area contributed by atoms with E-state index in [0.717, 1.165) is 5.56 Å². The minimum Gasteiger partial charge on any atom is -0.480 e. The second-order valence-corrected chi connectivity index (χ2v) is 7.55. The van der Waals surface area contributed by atoms with Crippen LogP contribution in [0.2, 0.25) is 0 Å². The molecular formula is C13H20N2O4S. The molecule has 0 saturated carbocycles. The lowest BCUT2D eigenvalue weighted by molar-refractivity contribution is -0.141. The molecule has 0 bridgehead atoms. The molecule has 0 aliphatic heterocycles. The summed E-state index contributed by atoms with van der Waals surface area (Å²) >= 11 is 0. The van der Waals surface area contributed by atoms with Gasteiger partial charge in [0.2, 0.25) is 10.0 Å². The zero-order valence-electron chi connectivity index (χ0n) is 11.8. The van der Waals surface area contributed by atoms with Gasteiger partial charge in [-0.05, 0) is 29.5 Å². The van der Waals surface area contributed by atoms with Crippen LogP contribution in [0.5, 0.6) is 0 Å². The zero-order valence-corrected chi connectivity index (χ0v) is 12.6. The predicted molar refractivity (Wildman–Crippen MR) is 75.7 cm³/mol. The van der Waals surface area contributed by atoms with E-state index in [2.05, 4.69) is 9.71 Å². The van der Waals surface area contributed by atoms with Crippen molar-refractivity contribution in [2.45, 2.75) is 33.2 Å². The lowest BCUT2D eigenvalue weighted by Crippen LogP contribution is -2.49. The fourth-order valence-corrected chi connectivity index (χ4v) is 3.07. The van der Waals surface area contributed by atoms with Crippen LogP contribution >= 0.6 is 0 Å². The monoisotopic (exact) mass is 300 g/mol. The first-order valence-corrected chi connectivity index (χ1v) is 7.89. The molecule has 20 heavy (non-hydrogen) atoms. The van der Waals surface area contributed by atoms with Gasteiger partial charge in [0, 0.05) is 12.4 Å². The molecule has 1 atom stereocenters. The van der Waals surface area contributed by atoms with Crippen molar-refractivity contribution in [2.75, 3.05) is 5.75 Å². The van der Waals surface area contributed by atoms with Crippen LogP contribution in [-0.4, -0.2) is 36.3 Å². The average molecular weight is 300 g/mol. The Balaban J connectivity index is 2.72. The first-order chi connectivity index (χ1) is 9.12. The smallest absolute Gasteiger partial charge is 0.322 e. The van der Waals surface area contributed by atoms with Gasteiger partial charge in [0.1, 0.15) is 6.04 Å². The molecule has 6 nitrogen and oxygen atoms in total. The molecule has 7 heteroatoms. The number of pyridine rings is 1.